The van der Waals surface area contributed by atoms with Gasteiger partial charge in [0.25, 0.3) is 10.0 Å². The van der Waals surface area contributed by atoms with Crippen molar-refractivity contribution in [3.63, 3.8) is 0 Å². The van der Waals surface area contributed by atoms with E-state index in [2.05, 4.69) is 26.0 Å². The second-order valence-electron chi connectivity index (χ2n) is 4.23. The molecule has 0 aliphatic heterocycles. The Labute approximate surface area is 141 Å². The number of thiophene rings is 1. The summed E-state index contributed by atoms with van der Waals surface area (Å²) in [7, 11) is -3.59. The fourth-order valence-corrected chi connectivity index (χ4v) is 4.93. The minimum Gasteiger partial charge on any atom is -0.312 e. The molecular formula is C13H14BrClN2O2S2. The highest BCUT2D eigenvalue weighted by Gasteiger charge is 2.18. The van der Waals surface area contributed by atoms with E-state index in [1.807, 2.05) is 13.0 Å². The maximum atomic E-state index is 12.4. The van der Waals surface area contributed by atoms with Crippen LogP contribution in [0.5, 0.6) is 0 Å². The van der Waals surface area contributed by atoms with E-state index in [4.69, 9.17) is 11.6 Å². The molecule has 0 bridgehead atoms. The first kappa shape index (κ1) is 16.8. The Balaban J connectivity index is 2.19. The molecule has 1 aromatic carbocycles. The third-order valence-electron chi connectivity index (χ3n) is 2.63. The van der Waals surface area contributed by atoms with Crippen LogP contribution in [0.2, 0.25) is 5.02 Å². The molecule has 0 saturated carbocycles. The van der Waals surface area contributed by atoms with E-state index in [9.17, 15) is 8.42 Å². The Kier molecular flexibility index (Phi) is 5.67. The molecular weight excluding hydrogens is 396 g/mol. The lowest BCUT2D eigenvalue weighted by Gasteiger charge is -2.08. The molecule has 8 heteroatoms. The minimum absolute atomic E-state index is 0.289. The van der Waals surface area contributed by atoms with E-state index in [1.54, 1.807) is 24.3 Å². The van der Waals surface area contributed by atoms with Crippen molar-refractivity contribution in [2.24, 2.45) is 0 Å². The summed E-state index contributed by atoms with van der Waals surface area (Å²) in [5, 5.41) is 3.70. The molecule has 0 spiro atoms. The van der Waals surface area contributed by atoms with Crippen LogP contribution in [0.4, 0.5) is 5.69 Å². The van der Waals surface area contributed by atoms with Gasteiger partial charge < -0.3 is 5.32 Å². The molecule has 21 heavy (non-hydrogen) atoms. The molecule has 2 aromatic rings. The molecule has 1 aromatic heterocycles. The van der Waals surface area contributed by atoms with Crippen LogP contribution in [0.15, 0.2) is 39.0 Å². The van der Waals surface area contributed by atoms with Gasteiger partial charge in [-0.1, -0.05) is 18.5 Å². The van der Waals surface area contributed by atoms with Gasteiger partial charge in [-0.15, -0.1) is 11.3 Å². The predicted molar refractivity (Wildman–Crippen MR) is 91.7 cm³/mol. The highest BCUT2D eigenvalue weighted by molar-refractivity contribution is 9.10. The van der Waals surface area contributed by atoms with Crippen molar-refractivity contribution in [3.8, 4) is 0 Å². The number of rotatable bonds is 6. The summed E-state index contributed by atoms with van der Waals surface area (Å²) in [4.78, 5) is 0.979. The Bertz CT molecular complexity index is 732. The smallest absolute Gasteiger partial charge is 0.271 e. The molecule has 1 heterocycles. The van der Waals surface area contributed by atoms with Crippen molar-refractivity contribution in [3.05, 3.63) is 44.7 Å². The predicted octanol–water partition coefficient (Wildman–Crippen LogP) is 4.07. The number of hydrogen-bond acceptors (Lipinski definition) is 4. The van der Waals surface area contributed by atoms with Crippen molar-refractivity contribution in [1.82, 2.24) is 5.32 Å². The van der Waals surface area contributed by atoms with E-state index in [0.29, 0.717) is 21.7 Å². The first-order valence-electron chi connectivity index (χ1n) is 6.19. The molecule has 0 aliphatic rings. The van der Waals surface area contributed by atoms with Crippen LogP contribution in [-0.4, -0.2) is 15.0 Å². The number of nitrogens with one attached hydrogen (secondary N) is 2. The Morgan fingerprint density at radius 3 is 2.71 bits per heavy atom. The summed E-state index contributed by atoms with van der Waals surface area (Å²) in [6, 6.07) is 8.33. The zero-order chi connectivity index (χ0) is 15.5. The summed E-state index contributed by atoms with van der Waals surface area (Å²) in [5.41, 5.74) is 0.459. The van der Waals surface area contributed by atoms with Gasteiger partial charge in [0.05, 0.1) is 5.69 Å². The maximum absolute atomic E-state index is 12.4. The Morgan fingerprint density at radius 1 is 1.29 bits per heavy atom. The summed E-state index contributed by atoms with van der Waals surface area (Å²) >= 11 is 10.4. The van der Waals surface area contributed by atoms with Crippen molar-refractivity contribution >= 4 is 54.6 Å². The molecule has 4 nitrogen and oxygen atoms in total. The molecule has 0 radical (unpaired) electrons. The van der Waals surface area contributed by atoms with Crippen molar-refractivity contribution in [1.29, 1.82) is 0 Å². The average Bonchev–Trinajstić information content (AvgIpc) is 2.89. The van der Waals surface area contributed by atoms with Crippen LogP contribution < -0.4 is 10.0 Å². The van der Waals surface area contributed by atoms with Crippen LogP contribution in [0.25, 0.3) is 0 Å². The van der Waals surface area contributed by atoms with Gasteiger partial charge in [-0.25, -0.2) is 8.42 Å². The van der Waals surface area contributed by atoms with Gasteiger partial charge in [0.2, 0.25) is 0 Å². The lowest BCUT2D eigenvalue weighted by Crippen LogP contribution is -2.12. The first-order chi connectivity index (χ1) is 9.92. The second kappa shape index (κ2) is 7.11. The fraction of sp³-hybridized carbons (Fsp3) is 0.231. The number of benzene rings is 1. The van der Waals surface area contributed by atoms with Crippen LogP contribution in [0.3, 0.4) is 0 Å². The Morgan fingerprint density at radius 2 is 2.05 bits per heavy atom. The molecule has 114 valence electrons. The molecule has 0 aliphatic carbocycles. The van der Waals surface area contributed by atoms with E-state index >= 15 is 0 Å². The molecule has 0 atom stereocenters. The number of anilines is 1. The third kappa shape index (κ3) is 4.43. The van der Waals surface area contributed by atoms with Crippen LogP contribution in [0, 0.1) is 0 Å². The maximum Gasteiger partial charge on any atom is 0.271 e. The number of sulfonamides is 1. The third-order valence-corrected chi connectivity index (χ3v) is 6.46. The van der Waals surface area contributed by atoms with Gasteiger partial charge in [0.15, 0.2) is 0 Å². The quantitative estimate of drug-likeness (QED) is 0.756. The van der Waals surface area contributed by atoms with Crippen LogP contribution in [-0.2, 0) is 16.6 Å². The summed E-state index contributed by atoms with van der Waals surface area (Å²) < 4.78 is 28.1. The monoisotopic (exact) mass is 408 g/mol. The van der Waals surface area contributed by atoms with E-state index in [1.165, 1.54) is 11.3 Å². The molecule has 2 N–H and O–H groups in total. The van der Waals surface area contributed by atoms with Crippen molar-refractivity contribution < 1.29 is 8.42 Å². The lowest BCUT2D eigenvalue weighted by atomic mass is 10.3. The molecule has 0 saturated heterocycles. The standard InChI is InChI=1S/C13H14BrClN2O2S2/c1-2-16-8-10-4-6-13(20-10)21(18,19)17-12-5-3-9(15)7-11(12)14/h3-7,16-17H,2,8H2,1H3. The van der Waals surface area contributed by atoms with E-state index in [-0.39, 0.29) is 4.21 Å². The average molecular weight is 410 g/mol. The van der Waals surface area contributed by atoms with Gasteiger partial charge in [-0.2, -0.15) is 0 Å². The topological polar surface area (TPSA) is 58.2 Å². The lowest BCUT2D eigenvalue weighted by molar-refractivity contribution is 0.603. The van der Waals surface area contributed by atoms with Gasteiger partial charge in [-0.05, 0) is 52.8 Å². The van der Waals surface area contributed by atoms with Gasteiger partial charge >= 0.3 is 0 Å². The molecule has 0 amide bonds. The molecule has 0 fully saturated rings. The molecule has 2 rings (SSSR count). The van der Waals surface area contributed by atoms with E-state index in [0.717, 1.165) is 11.4 Å². The van der Waals surface area contributed by atoms with Crippen molar-refractivity contribution in [2.45, 2.75) is 17.7 Å². The highest BCUT2D eigenvalue weighted by Crippen LogP contribution is 2.29. The Hall–Kier alpha value is -0.600. The zero-order valence-corrected chi connectivity index (χ0v) is 15.2. The fourth-order valence-electron chi connectivity index (χ4n) is 1.61. The summed E-state index contributed by atoms with van der Waals surface area (Å²) in [6.45, 7) is 3.52. The minimum atomic E-state index is -3.59. The highest BCUT2D eigenvalue weighted by atomic mass is 79.9. The first-order valence-corrected chi connectivity index (χ1v) is 9.66. The second-order valence-corrected chi connectivity index (χ2v) is 8.60. The van der Waals surface area contributed by atoms with E-state index < -0.39 is 10.0 Å². The van der Waals surface area contributed by atoms with Gasteiger partial charge in [-0.3, -0.25) is 4.72 Å². The van der Waals surface area contributed by atoms with Gasteiger partial charge in [0.1, 0.15) is 4.21 Å². The zero-order valence-electron chi connectivity index (χ0n) is 11.2. The number of hydrogen-bond donors (Lipinski definition) is 2. The van der Waals surface area contributed by atoms with Crippen LogP contribution >= 0.6 is 38.9 Å². The summed E-state index contributed by atoms with van der Waals surface area (Å²) in [6.07, 6.45) is 0. The van der Waals surface area contributed by atoms with Crippen LogP contribution in [0.1, 0.15) is 11.8 Å². The van der Waals surface area contributed by atoms with Crippen molar-refractivity contribution in [2.75, 3.05) is 11.3 Å². The molecule has 0 unspecified atom stereocenters. The van der Waals surface area contributed by atoms with Gasteiger partial charge in [0, 0.05) is 20.9 Å². The summed E-state index contributed by atoms with van der Waals surface area (Å²) in [5.74, 6) is 0. The normalized spacial score (nSPS) is 11.6. The largest absolute Gasteiger partial charge is 0.312 e. The SMILES string of the molecule is CCNCc1ccc(S(=O)(=O)Nc2ccc(Cl)cc2Br)s1. The number of halogens is 2.